The van der Waals surface area contributed by atoms with Crippen LogP contribution in [-0.2, 0) is 6.42 Å². The molecule has 29 heavy (non-hydrogen) atoms. The van der Waals surface area contributed by atoms with Crippen molar-refractivity contribution in [3.05, 3.63) is 65.2 Å². The molecule has 0 bridgehead atoms. The summed E-state index contributed by atoms with van der Waals surface area (Å²) >= 11 is 0. The second-order valence-corrected chi connectivity index (χ2v) is 7.05. The first-order valence-electron chi connectivity index (χ1n) is 10.3. The van der Waals surface area contributed by atoms with Crippen LogP contribution in [0.3, 0.4) is 0 Å². The number of para-hydroxylation sites is 1. The highest BCUT2D eigenvalue weighted by Gasteiger charge is 2.20. The summed E-state index contributed by atoms with van der Waals surface area (Å²) in [4.78, 5) is 16.6. The van der Waals surface area contributed by atoms with E-state index in [1.54, 1.807) is 7.05 Å². The van der Waals surface area contributed by atoms with Crippen molar-refractivity contribution >= 4 is 11.9 Å². The Morgan fingerprint density at radius 3 is 2.86 bits per heavy atom. The Kier molecular flexibility index (Phi) is 7.50. The number of hydrogen-bond donors (Lipinski definition) is 3. The van der Waals surface area contributed by atoms with Crippen LogP contribution in [0.2, 0.25) is 0 Å². The quantitative estimate of drug-likeness (QED) is 0.499. The average molecular weight is 395 g/mol. The van der Waals surface area contributed by atoms with Crippen LogP contribution >= 0.6 is 0 Å². The monoisotopic (exact) mass is 394 g/mol. The van der Waals surface area contributed by atoms with Gasteiger partial charge in [0.15, 0.2) is 5.96 Å². The van der Waals surface area contributed by atoms with Crippen molar-refractivity contribution in [2.45, 2.75) is 25.7 Å². The third kappa shape index (κ3) is 5.73. The Morgan fingerprint density at radius 1 is 1.17 bits per heavy atom. The number of rotatable bonds is 7. The number of amides is 1. The van der Waals surface area contributed by atoms with Crippen LogP contribution in [0, 0.1) is 0 Å². The van der Waals surface area contributed by atoms with Gasteiger partial charge in [-0.15, -0.1) is 0 Å². The van der Waals surface area contributed by atoms with Crippen LogP contribution in [0.1, 0.15) is 40.7 Å². The first kappa shape index (κ1) is 20.7. The summed E-state index contributed by atoms with van der Waals surface area (Å²) in [5.74, 6) is 2.11. The normalized spacial score (nSPS) is 15.8. The van der Waals surface area contributed by atoms with Gasteiger partial charge in [0.25, 0.3) is 5.91 Å². The summed E-state index contributed by atoms with van der Waals surface area (Å²) in [6, 6.07) is 15.9. The smallest absolute Gasteiger partial charge is 0.251 e. The van der Waals surface area contributed by atoms with E-state index in [2.05, 4.69) is 35.0 Å². The molecule has 2 aromatic rings. The van der Waals surface area contributed by atoms with Gasteiger partial charge in [-0.3, -0.25) is 9.79 Å². The molecule has 0 fully saturated rings. The molecular weight excluding hydrogens is 364 g/mol. The zero-order valence-corrected chi connectivity index (χ0v) is 17.2. The van der Waals surface area contributed by atoms with E-state index in [0.29, 0.717) is 11.5 Å². The minimum atomic E-state index is -0.0635. The number of ether oxygens (including phenoxy) is 1. The van der Waals surface area contributed by atoms with Crippen molar-refractivity contribution in [1.82, 2.24) is 16.0 Å². The fourth-order valence-electron chi connectivity index (χ4n) is 3.49. The lowest BCUT2D eigenvalue weighted by molar-refractivity contribution is 0.0963. The Morgan fingerprint density at radius 2 is 2.03 bits per heavy atom. The molecule has 3 rings (SSSR count). The third-order valence-corrected chi connectivity index (χ3v) is 5.02. The molecule has 6 heteroatoms. The largest absolute Gasteiger partial charge is 0.493 e. The molecule has 6 nitrogen and oxygen atoms in total. The molecule has 0 aliphatic carbocycles. The molecule has 1 unspecified atom stereocenters. The first-order valence-corrected chi connectivity index (χ1v) is 10.3. The number of nitrogens with one attached hydrogen (secondary N) is 3. The molecule has 0 saturated heterocycles. The van der Waals surface area contributed by atoms with E-state index in [-0.39, 0.29) is 5.91 Å². The van der Waals surface area contributed by atoms with Gasteiger partial charge < -0.3 is 20.7 Å². The fraction of sp³-hybridized carbons (Fsp3) is 0.391. The first-order chi connectivity index (χ1) is 14.2. The molecule has 0 saturated carbocycles. The maximum atomic E-state index is 11.8. The van der Waals surface area contributed by atoms with Crippen molar-refractivity contribution < 1.29 is 9.53 Å². The highest BCUT2D eigenvalue weighted by molar-refractivity contribution is 5.94. The molecule has 0 spiro atoms. The number of carbonyl (C=O) groups excluding carboxylic acids is 1. The number of nitrogens with zero attached hydrogens (tertiary/aromatic N) is 1. The van der Waals surface area contributed by atoms with Crippen molar-refractivity contribution in [2.24, 2.45) is 4.99 Å². The minimum absolute atomic E-state index is 0.0635. The van der Waals surface area contributed by atoms with Gasteiger partial charge in [-0.05, 0) is 49.1 Å². The summed E-state index contributed by atoms with van der Waals surface area (Å²) in [7, 11) is 1.65. The van der Waals surface area contributed by atoms with E-state index in [0.717, 1.165) is 56.4 Å². The zero-order valence-electron chi connectivity index (χ0n) is 17.2. The molecule has 3 N–H and O–H groups in total. The summed E-state index contributed by atoms with van der Waals surface area (Å²) < 4.78 is 5.75. The highest BCUT2D eigenvalue weighted by atomic mass is 16.5. The minimum Gasteiger partial charge on any atom is -0.493 e. The molecular formula is C23H30N4O2. The molecule has 1 aliphatic rings. The van der Waals surface area contributed by atoms with Crippen LogP contribution < -0.4 is 20.7 Å². The fourth-order valence-corrected chi connectivity index (χ4v) is 3.49. The second kappa shape index (κ2) is 10.5. The Labute approximate surface area is 172 Å². The van der Waals surface area contributed by atoms with E-state index in [9.17, 15) is 4.79 Å². The number of guanidine groups is 1. The second-order valence-electron chi connectivity index (χ2n) is 7.05. The van der Waals surface area contributed by atoms with Gasteiger partial charge in [0.05, 0.1) is 6.61 Å². The van der Waals surface area contributed by atoms with E-state index in [4.69, 9.17) is 9.73 Å². The number of fused-ring (bicyclic) bond motifs is 1. The van der Waals surface area contributed by atoms with Crippen LogP contribution in [0.5, 0.6) is 5.75 Å². The number of hydrogen-bond acceptors (Lipinski definition) is 3. The van der Waals surface area contributed by atoms with Gasteiger partial charge in [-0.25, -0.2) is 0 Å². The summed E-state index contributed by atoms with van der Waals surface area (Å²) in [5, 5.41) is 9.38. The molecule has 2 aromatic carbocycles. The molecule has 1 heterocycles. The van der Waals surface area contributed by atoms with Gasteiger partial charge >= 0.3 is 0 Å². The van der Waals surface area contributed by atoms with Gasteiger partial charge in [0, 0.05) is 38.2 Å². The van der Waals surface area contributed by atoms with Crippen LogP contribution in [0.4, 0.5) is 0 Å². The predicted molar refractivity (Wildman–Crippen MR) is 117 cm³/mol. The van der Waals surface area contributed by atoms with Gasteiger partial charge in [-0.1, -0.05) is 30.3 Å². The van der Waals surface area contributed by atoms with Crippen LogP contribution in [0.25, 0.3) is 0 Å². The summed E-state index contributed by atoms with van der Waals surface area (Å²) in [5.41, 5.74) is 3.04. The van der Waals surface area contributed by atoms with Gasteiger partial charge in [-0.2, -0.15) is 0 Å². The molecule has 0 aromatic heterocycles. The Hall–Kier alpha value is -3.02. The topological polar surface area (TPSA) is 74.8 Å². The Bertz CT molecular complexity index is 850. The van der Waals surface area contributed by atoms with Crippen LogP contribution in [0.15, 0.2) is 53.5 Å². The van der Waals surface area contributed by atoms with E-state index in [1.165, 1.54) is 5.56 Å². The third-order valence-electron chi connectivity index (χ3n) is 5.02. The maximum absolute atomic E-state index is 11.8. The number of benzene rings is 2. The lowest BCUT2D eigenvalue weighted by Crippen LogP contribution is -2.38. The van der Waals surface area contributed by atoms with E-state index >= 15 is 0 Å². The summed E-state index contributed by atoms with van der Waals surface area (Å²) in [6.07, 6.45) is 1.79. The zero-order chi connectivity index (χ0) is 20.5. The maximum Gasteiger partial charge on any atom is 0.251 e. The molecule has 1 aliphatic heterocycles. The average Bonchev–Trinajstić information content (AvgIpc) is 2.77. The molecule has 1 atom stereocenters. The van der Waals surface area contributed by atoms with Crippen molar-refractivity contribution in [2.75, 3.05) is 33.3 Å². The van der Waals surface area contributed by atoms with Crippen molar-refractivity contribution in [3.63, 3.8) is 0 Å². The Balaban J connectivity index is 1.57. The number of carbonyl (C=O) groups is 1. The van der Waals surface area contributed by atoms with Crippen molar-refractivity contribution in [1.29, 1.82) is 0 Å². The summed E-state index contributed by atoms with van der Waals surface area (Å²) in [6.45, 7) is 5.08. The number of aliphatic imine (C=N–C) groups is 1. The lowest BCUT2D eigenvalue weighted by atomic mass is 9.93. The molecule has 154 valence electrons. The van der Waals surface area contributed by atoms with Crippen molar-refractivity contribution in [3.8, 4) is 5.75 Å². The lowest BCUT2D eigenvalue weighted by Gasteiger charge is -2.25. The van der Waals surface area contributed by atoms with Gasteiger partial charge in [0.2, 0.25) is 0 Å². The van der Waals surface area contributed by atoms with Gasteiger partial charge in [0.1, 0.15) is 5.75 Å². The predicted octanol–water partition coefficient (Wildman–Crippen LogP) is 2.71. The molecule has 1 amide bonds. The van der Waals surface area contributed by atoms with Crippen LogP contribution in [-0.4, -0.2) is 45.2 Å². The van der Waals surface area contributed by atoms with E-state index in [1.807, 2.05) is 36.4 Å². The standard InChI is InChI=1S/C23H30N4O2/c1-3-25-23(26-13-11-17-7-6-8-18(15-17)22(28)24-2)27-16-19-12-14-29-21-10-5-4-9-20(19)21/h4-10,15,19H,3,11-14,16H2,1-2H3,(H,24,28)(H2,25,26,27). The SMILES string of the molecule is CCNC(=NCC1CCOc2ccccc21)NCCc1cccc(C(=O)NC)c1. The van der Waals surface area contributed by atoms with E-state index < -0.39 is 0 Å². The highest BCUT2D eigenvalue weighted by Crippen LogP contribution is 2.33. The molecule has 0 radical (unpaired) electrons.